The van der Waals surface area contributed by atoms with Crippen LogP contribution in [0.1, 0.15) is 21.7 Å². The first-order chi connectivity index (χ1) is 11.5. The third-order valence-electron chi connectivity index (χ3n) is 3.63. The van der Waals surface area contributed by atoms with Crippen molar-refractivity contribution in [3.8, 4) is 0 Å². The number of anilines is 2. The second-order valence-electron chi connectivity index (χ2n) is 5.68. The van der Waals surface area contributed by atoms with Crippen LogP contribution in [-0.4, -0.2) is 39.9 Å². The predicted molar refractivity (Wildman–Crippen MR) is 93.3 cm³/mol. The Morgan fingerprint density at radius 3 is 2.25 bits per heavy atom. The molecule has 7 nitrogen and oxygen atoms in total. The number of nitrogens with zero attached hydrogens (tertiary/aromatic N) is 5. The monoisotopic (exact) mass is 322 g/mol. The molecular weight excluding hydrogens is 304 g/mol. The average molecular weight is 322 g/mol. The van der Waals surface area contributed by atoms with Crippen LogP contribution in [-0.2, 0) is 0 Å². The number of carbonyl (C=O) groups excluding carboxylic acids is 1. The van der Waals surface area contributed by atoms with Gasteiger partial charge in [0.2, 0.25) is 5.95 Å². The van der Waals surface area contributed by atoms with Crippen molar-refractivity contribution in [1.82, 2.24) is 19.9 Å². The summed E-state index contributed by atoms with van der Waals surface area (Å²) in [5.41, 5.74) is 4.02. The fourth-order valence-corrected chi connectivity index (χ4v) is 2.37. The molecule has 2 aromatic heterocycles. The number of nitrogens with one attached hydrogen (secondary N) is 1. The van der Waals surface area contributed by atoms with Crippen molar-refractivity contribution in [3.05, 3.63) is 47.5 Å². The van der Waals surface area contributed by atoms with E-state index in [2.05, 4.69) is 25.3 Å². The number of aryl methyl sites for hydroxylation is 2. The Morgan fingerprint density at radius 2 is 1.62 bits per heavy atom. The molecular formula is C17H18N6O. The first kappa shape index (κ1) is 15.8. The normalized spacial score (nSPS) is 10.7. The molecule has 0 spiro atoms. The minimum atomic E-state index is -0.227. The lowest BCUT2D eigenvalue weighted by atomic mass is 10.1. The van der Waals surface area contributed by atoms with Gasteiger partial charge >= 0.3 is 0 Å². The lowest BCUT2D eigenvalue weighted by molar-refractivity contribution is 0.102. The topological polar surface area (TPSA) is 83.9 Å². The molecule has 0 atom stereocenters. The maximum atomic E-state index is 12.6. The van der Waals surface area contributed by atoms with Gasteiger partial charge in [0, 0.05) is 32.1 Å². The molecule has 0 aliphatic rings. The summed E-state index contributed by atoms with van der Waals surface area (Å²) in [6.45, 7) is 3.70. The summed E-state index contributed by atoms with van der Waals surface area (Å²) in [5, 5.41) is 2.89. The van der Waals surface area contributed by atoms with E-state index in [1.54, 1.807) is 30.6 Å². The Labute approximate surface area is 139 Å². The van der Waals surface area contributed by atoms with Crippen LogP contribution in [0, 0.1) is 13.8 Å². The van der Waals surface area contributed by atoms with Gasteiger partial charge in [0.05, 0.1) is 28.1 Å². The molecule has 3 aromatic rings. The van der Waals surface area contributed by atoms with Gasteiger partial charge in [-0.2, -0.15) is 0 Å². The number of carbonyl (C=O) groups is 1. The van der Waals surface area contributed by atoms with E-state index in [1.807, 2.05) is 32.8 Å². The van der Waals surface area contributed by atoms with E-state index in [0.717, 1.165) is 16.9 Å². The summed E-state index contributed by atoms with van der Waals surface area (Å²) in [6, 6.07) is 5.23. The van der Waals surface area contributed by atoms with Crippen molar-refractivity contribution < 1.29 is 4.79 Å². The van der Waals surface area contributed by atoms with Gasteiger partial charge < -0.3 is 10.2 Å². The van der Waals surface area contributed by atoms with Crippen LogP contribution in [0.4, 0.5) is 11.6 Å². The molecule has 122 valence electrons. The molecule has 1 amide bonds. The number of fused-ring (bicyclic) bond motifs is 1. The molecule has 0 saturated heterocycles. The van der Waals surface area contributed by atoms with Crippen molar-refractivity contribution in [2.45, 2.75) is 13.8 Å². The third kappa shape index (κ3) is 3.01. The van der Waals surface area contributed by atoms with E-state index in [1.165, 1.54) is 0 Å². The maximum Gasteiger partial charge on any atom is 0.255 e. The molecule has 2 heterocycles. The maximum absolute atomic E-state index is 12.6. The van der Waals surface area contributed by atoms with E-state index in [-0.39, 0.29) is 5.91 Å². The average Bonchev–Trinajstić information content (AvgIpc) is 2.57. The summed E-state index contributed by atoms with van der Waals surface area (Å²) in [5.74, 6) is 0.388. The van der Waals surface area contributed by atoms with E-state index in [9.17, 15) is 4.79 Å². The molecule has 0 saturated carbocycles. The Kier molecular flexibility index (Phi) is 4.07. The van der Waals surface area contributed by atoms with E-state index >= 15 is 0 Å². The van der Waals surface area contributed by atoms with Gasteiger partial charge in [-0.05, 0) is 32.0 Å². The van der Waals surface area contributed by atoms with E-state index in [0.29, 0.717) is 22.7 Å². The molecule has 1 N–H and O–H groups in total. The van der Waals surface area contributed by atoms with Gasteiger partial charge in [0.25, 0.3) is 5.91 Å². The molecule has 0 bridgehead atoms. The molecule has 0 unspecified atom stereocenters. The van der Waals surface area contributed by atoms with Gasteiger partial charge in [-0.1, -0.05) is 0 Å². The number of hydrogen-bond acceptors (Lipinski definition) is 6. The van der Waals surface area contributed by atoms with Crippen molar-refractivity contribution in [2.24, 2.45) is 0 Å². The van der Waals surface area contributed by atoms with Gasteiger partial charge in [0.15, 0.2) is 0 Å². The van der Waals surface area contributed by atoms with Crippen molar-refractivity contribution >= 4 is 28.6 Å². The van der Waals surface area contributed by atoms with Crippen LogP contribution in [0.3, 0.4) is 0 Å². The van der Waals surface area contributed by atoms with Crippen molar-refractivity contribution in [3.63, 3.8) is 0 Å². The van der Waals surface area contributed by atoms with Crippen LogP contribution in [0.25, 0.3) is 11.0 Å². The highest BCUT2D eigenvalue weighted by atomic mass is 16.1. The summed E-state index contributed by atoms with van der Waals surface area (Å²) < 4.78 is 0. The second-order valence-corrected chi connectivity index (χ2v) is 5.68. The van der Waals surface area contributed by atoms with E-state index < -0.39 is 0 Å². The lowest BCUT2D eigenvalue weighted by Crippen LogP contribution is -2.18. The minimum Gasteiger partial charge on any atom is -0.347 e. The summed E-state index contributed by atoms with van der Waals surface area (Å²) in [4.78, 5) is 31.6. The largest absolute Gasteiger partial charge is 0.347 e. The van der Waals surface area contributed by atoms with Crippen LogP contribution in [0.15, 0.2) is 30.6 Å². The number of amides is 1. The number of aromatic nitrogens is 4. The molecule has 24 heavy (non-hydrogen) atoms. The molecule has 3 rings (SSSR count). The Hall–Kier alpha value is -3.09. The lowest BCUT2D eigenvalue weighted by Gasteiger charge is -2.15. The molecule has 1 aromatic carbocycles. The van der Waals surface area contributed by atoms with Crippen LogP contribution >= 0.6 is 0 Å². The molecule has 7 heteroatoms. The first-order valence-electron chi connectivity index (χ1n) is 7.50. The Morgan fingerprint density at radius 1 is 1.00 bits per heavy atom. The highest BCUT2D eigenvalue weighted by Gasteiger charge is 2.14. The number of hydrogen-bond donors (Lipinski definition) is 1. The smallest absolute Gasteiger partial charge is 0.255 e. The van der Waals surface area contributed by atoms with Gasteiger partial charge in [-0.15, -0.1) is 0 Å². The fourth-order valence-electron chi connectivity index (χ4n) is 2.37. The van der Waals surface area contributed by atoms with Crippen LogP contribution in [0.2, 0.25) is 0 Å². The summed E-state index contributed by atoms with van der Waals surface area (Å²) >= 11 is 0. The summed E-state index contributed by atoms with van der Waals surface area (Å²) in [7, 11) is 3.76. The second kappa shape index (κ2) is 6.19. The minimum absolute atomic E-state index is 0.227. The highest BCUT2D eigenvalue weighted by molar-refractivity contribution is 6.06. The molecule has 0 aliphatic heterocycles. The molecule has 0 radical (unpaired) electrons. The zero-order valence-corrected chi connectivity index (χ0v) is 14.0. The Balaban J connectivity index is 1.91. The standard InChI is InChI=1S/C17H18N6O/c1-10-15(11(2)21-17(20-10)23(3)4)22-16(24)12-5-6-13-14(9-12)19-8-7-18-13/h5-9H,1-4H3,(H,22,24). The van der Waals surface area contributed by atoms with Crippen LogP contribution < -0.4 is 10.2 Å². The van der Waals surface area contributed by atoms with E-state index in [4.69, 9.17) is 0 Å². The van der Waals surface area contributed by atoms with Crippen LogP contribution in [0.5, 0.6) is 0 Å². The zero-order valence-electron chi connectivity index (χ0n) is 14.0. The fraction of sp³-hybridized carbons (Fsp3) is 0.235. The third-order valence-corrected chi connectivity index (χ3v) is 3.63. The van der Waals surface area contributed by atoms with Crippen molar-refractivity contribution in [1.29, 1.82) is 0 Å². The van der Waals surface area contributed by atoms with Crippen molar-refractivity contribution in [2.75, 3.05) is 24.3 Å². The number of rotatable bonds is 3. The highest BCUT2D eigenvalue weighted by Crippen LogP contribution is 2.21. The SMILES string of the molecule is Cc1nc(N(C)C)nc(C)c1NC(=O)c1ccc2nccnc2c1. The molecule has 0 fully saturated rings. The molecule has 0 aliphatic carbocycles. The zero-order chi connectivity index (χ0) is 17.3. The Bertz CT molecular complexity index is 899. The first-order valence-corrected chi connectivity index (χ1v) is 7.50. The van der Waals surface area contributed by atoms with Gasteiger partial charge in [-0.3, -0.25) is 14.8 Å². The number of benzene rings is 1. The predicted octanol–water partition coefficient (Wildman–Crippen LogP) is 2.35. The van der Waals surface area contributed by atoms with Gasteiger partial charge in [-0.25, -0.2) is 9.97 Å². The quantitative estimate of drug-likeness (QED) is 0.797. The van der Waals surface area contributed by atoms with Gasteiger partial charge in [0.1, 0.15) is 0 Å². The summed E-state index contributed by atoms with van der Waals surface area (Å²) in [6.07, 6.45) is 3.23.